The Kier molecular flexibility index (Phi) is 10.5. The molecule has 156 valence electrons. The lowest BCUT2D eigenvalue weighted by molar-refractivity contribution is -0.386. The Morgan fingerprint density at radius 2 is 2.04 bits per heavy atom. The second-order valence-corrected chi connectivity index (χ2v) is 6.54. The fraction of sp³-hybridized carbons (Fsp3) is 0.400. The van der Waals surface area contributed by atoms with E-state index in [4.69, 9.17) is 4.74 Å². The minimum absolute atomic E-state index is 0. The maximum Gasteiger partial charge on any atom is 0.254 e. The van der Waals surface area contributed by atoms with Crippen LogP contribution in [0.5, 0.6) is 11.6 Å². The molecule has 0 unspecified atom stereocenters. The SMILES string of the molecule is C.Cc1cc(C[NH3+])cc(Oc2cccc(C(=O)N3C[C@H](C)[C@@H](F)C3)c2)n1.S.[Cl-]. The third-order valence-electron chi connectivity index (χ3n) is 4.39. The molecule has 1 amide bonds. The van der Waals surface area contributed by atoms with Gasteiger partial charge in [-0.3, -0.25) is 4.79 Å². The van der Waals surface area contributed by atoms with Crippen LogP contribution in [0.25, 0.3) is 0 Å². The average Bonchev–Trinajstić information content (AvgIpc) is 2.93. The molecule has 0 saturated carbocycles. The number of carbonyl (C=O) groups is 1. The number of hydrogen-bond donors (Lipinski definition) is 1. The Morgan fingerprint density at radius 1 is 1.32 bits per heavy atom. The van der Waals surface area contributed by atoms with Gasteiger partial charge in [0.2, 0.25) is 5.88 Å². The summed E-state index contributed by atoms with van der Waals surface area (Å²) < 4.78 is 19.5. The summed E-state index contributed by atoms with van der Waals surface area (Å²) in [5.41, 5.74) is 6.25. The summed E-state index contributed by atoms with van der Waals surface area (Å²) in [6.07, 6.45) is -0.957. The van der Waals surface area contributed by atoms with E-state index in [9.17, 15) is 9.18 Å². The Morgan fingerprint density at radius 3 is 2.64 bits per heavy atom. The first-order valence-electron chi connectivity index (χ1n) is 8.44. The van der Waals surface area contributed by atoms with Crippen LogP contribution in [0.2, 0.25) is 0 Å². The summed E-state index contributed by atoms with van der Waals surface area (Å²) in [7, 11) is 0. The van der Waals surface area contributed by atoms with Crippen molar-refractivity contribution in [3.63, 3.8) is 0 Å². The zero-order chi connectivity index (χ0) is 18.0. The molecule has 5 nitrogen and oxygen atoms in total. The molecular weight excluding hydrogens is 401 g/mol. The predicted molar refractivity (Wildman–Crippen MR) is 109 cm³/mol. The number of rotatable bonds is 4. The van der Waals surface area contributed by atoms with Gasteiger partial charge in [0.15, 0.2) is 0 Å². The highest BCUT2D eigenvalue weighted by molar-refractivity contribution is 7.59. The maximum atomic E-state index is 13.7. The second kappa shape index (κ2) is 11.2. The number of carbonyl (C=O) groups excluding carboxylic acids is 1. The molecule has 1 saturated heterocycles. The molecule has 8 heteroatoms. The zero-order valence-electron chi connectivity index (χ0n) is 15.4. The van der Waals surface area contributed by atoms with Crippen molar-refractivity contribution in [3.05, 3.63) is 53.2 Å². The highest BCUT2D eigenvalue weighted by atomic mass is 35.5. The lowest BCUT2D eigenvalue weighted by atomic mass is 10.1. The third kappa shape index (κ3) is 6.09. The van der Waals surface area contributed by atoms with Crippen molar-refractivity contribution < 1.29 is 32.1 Å². The molecule has 2 heterocycles. The monoisotopic (exact) mass is 429 g/mol. The first-order chi connectivity index (χ1) is 12.0. The van der Waals surface area contributed by atoms with E-state index in [0.29, 0.717) is 30.3 Å². The number of hydrogen-bond acceptors (Lipinski definition) is 3. The van der Waals surface area contributed by atoms with Gasteiger partial charge in [-0.15, -0.1) is 0 Å². The van der Waals surface area contributed by atoms with Crippen molar-refractivity contribution in [3.8, 4) is 11.6 Å². The molecule has 3 N–H and O–H groups in total. The first kappa shape index (κ1) is 26.2. The topological polar surface area (TPSA) is 70.1 Å². The van der Waals surface area contributed by atoms with E-state index in [1.807, 2.05) is 26.0 Å². The molecule has 1 aromatic heterocycles. The number of quaternary nitrogens is 1. The smallest absolute Gasteiger partial charge is 0.254 e. The van der Waals surface area contributed by atoms with Gasteiger partial charge >= 0.3 is 0 Å². The number of pyridine rings is 1. The highest BCUT2D eigenvalue weighted by Crippen LogP contribution is 2.25. The van der Waals surface area contributed by atoms with Crippen LogP contribution < -0.4 is 22.9 Å². The lowest BCUT2D eigenvalue weighted by Crippen LogP contribution is -3.00. The molecule has 0 spiro atoms. The third-order valence-corrected chi connectivity index (χ3v) is 4.39. The summed E-state index contributed by atoms with van der Waals surface area (Å²) in [5, 5.41) is 0. The molecule has 1 aliphatic rings. The molecule has 1 aromatic carbocycles. The van der Waals surface area contributed by atoms with Gasteiger partial charge in [-0.25, -0.2) is 9.37 Å². The fourth-order valence-corrected chi connectivity index (χ4v) is 2.99. The Hall–Kier alpha value is -1.83. The average molecular weight is 430 g/mol. The van der Waals surface area contributed by atoms with Gasteiger partial charge in [0.1, 0.15) is 11.9 Å². The lowest BCUT2D eigenvalue weighted by Gasteiger charge is -2.16. The number of aromatic nitrogens is 1. The van der Waals surface area contributed by atoms with Crippen molar-refractivity contribution in [2.75, 3.05) is 13.1 Å². The van der Waals surface area contributed by atoms with E-state index in [2.05, 4.69) is 10.7 Å². The van der Waals surface area contributed by atoms with Crippen LogP contribution in [-0.2, 0) is 6.54 Å². The fourth-order valence-electron chi connectivity index (χ4n) is 2.99. The molecule has 28 heavy (non-hydrogen) atoms. The Bertz CT molecular complexity index is 784. The summed E-state index contributed by atoms with van der Waals surface area (Å²) in [6.45, 7) is 4.96. The van der Waals surface area contributed by atoms with Gasteiger partial charge in [0.05, 0.1) is 13.1 Å². The Labute approximate surface area is 179 Å². The highest BCUT2D eigenvalue weighted by Gasteiger charge is 2.32. The normalized spacial score (nSPS) is 17.8. The number of benzene rings is 1. The molecule has 2 atom stereocenters. The van der Waals surface area contributed by atoms with E-state index in [1.165, 1.54) is 0 Å². The summed E-state index contributed by atoms with van der Waals surface area (Å²) in [4.78, 5) is 18.5. The van der Waals surface area contributed by atoms with Crippen molar-refractivity contribution >= 4 is 19.4 Å². The second-order valence-electron chi connectivity index (χ2n) is 6.54. The minimum Gasteiger partial charge on any atom is -1.00 e. The quantitative estimate of drug-likeness (QED) is 0.749. The molecule has 3 rings (SSSR count). The summed E-state index contributed by atoms with van der Waals surface area (Å²) >= 11 is 0. The number of nitrogens with zero attached hydrogens (tertiary/aromatic N) is 2. The Balaban J connectivity index is 0.00000243. The van der Waals surface area contributed by atoms with Gasteiger partial charge in [-0.1, -0.05) is 20.4 Å². The van der Waals surface area contributed by atoms with E-state index in [1.54, 1.807) is 29.2 Å². The van der Waals surface area contributed by atoms with Crippen molar-refractivity contribution in [2.24, 2.45) is 5.92 Å². The van der Waals surface area contributed by atoms with Crippen LogP contribution in [-0.4, -0.2) is 35.1 Å². The molecule has 2 aromatic rings. The van der Waals surface area contributed by atoms with E-state index >= 15 is 0 Å². The predicted octanol–water partition coefficient (Wildman–Crippen LogP) is 0.107. The van der Waals surface area contributed by atoms with Gasteiger partial charge < -0.3 is 27.8 Å². The molecule has 0 radical (unpaired) electrons. The van der Waals surface area contributed by atoms with Crippen molar-refractivity contribution in [1.82, 2.24) is 9.88 Å². The van der Waals surface area contributed by atoms with Gasteiger partial charge in [-0.05, 0) is 31.2 Å². The summed E-state index contributed by atoms with van der Waals surface area (Å²) in [5.74, 6) is 0.707. The first-order valence-corrected chi connectivity index (χ1v) is 8.44. The van der Waals surface area contributed by atoms with Crippen LogP contribution in [0.4, 0.5) is 4.39 Å². The molecule has 0 aliphatic carbocycles. The van der Waals surface area contributed by atoms with Crippen LogP contribution in [0.3, 0.4) is 0 Å². The van der Waals surface area contributed by atoms with Gasteiger partial charge in [-0.2, -0.15) is 13.5 Å². The van der Waals surface area contributed by atoms with Crippen LogP contribution in [0, 0.1) is 12.8 Å². The van der Waals surface area contributed by atoms with E-state index < -0.39 is 6.17 Å². The number of alkyl halides is 1. The van der Waals surface area contributed by atoms with E-state index in [0.717, 1.165) is 11.3 Å². The zero-order valence-corrected chi connectivity index (χ0v) is 17.2. The van der Waals surface area contributed by atoms with Gasteiger partial charge in [0, 0.05) is 35.3 Å². The number of aryl methyl sites for hydroxylation is 1. The number of likely N-dealkylation sites (tertiary alicyclic amines) is 1. The van der Waals surface area contributed by atoms with E-state index in [-0.39, 0.29) is 51.7 Å². The van der Waals surface area contributed by atoms with Gasteiger partial charge in [0.25, 0.3) is 5.91 Å². The molecule has 0 bridgehead atoms. The number of ether oxygens (including phenoxy) is 1. The number of halogens is 2. The van der Waals surface area contributed by atoms with Crippen LogP contribution in [0.1, 0.15) is 36.0 Å². The minimum atomic E-state index is -0.957. The molecule has 1 fully saturated rings. The van der Waals surface area contributed by atoms with Crippen LogP contribution in [0.15, 0.2) is 36.4 Å². The molecule has 1 aliphatic heterocycles. The van der Waals surface area contributed by atoms with Crippen LogP contribution >= 0.6 is 13.5 Å². The standard InChI is InChI=1S/C19H22FN3O2.CH4.ClH.H2S/c1-12-10-23(11-17(12)20)19(24)15-4-3-5-16(8-15)25-18-7-14(9-21)6-13(2)22-18;;;/h3-8,12,17H,9-11,21H2,1-2H3;1H4;1H;1H2/t12-,17-;;;/m0.../s1. The molecular formula is C20H29ClFN3O2S. The van der Waals surface area contributed by atoms with Crippen molar-refractivity contribution in [2.45, 2.75) is 34.0 Å². The largest absolute Gasteiger partial charge is 1.00 e. The maximum absolute atomic E-state index is 13.7. The number of amides is 1. The van der Waals surface area contributed by atoms with Crippen molar-refractivity contribution in [1.29, 1.82) is 0 Å². The summed E-state index contributed by atoms with van der Waals surface area (Å²) in [6, 6.07) is 10.7.